The highest BCUT2D eigenvalue weighted by atomic mass is 14.9. The van der Waals surface area contributed by atoms with E-state index in [1.807, 2.05) is 24.3 Å². The van der Waals surface area contributed by atoms with Gasteiger partial charge in [0.2, 0.25) is 0 Å². The van der Waals surface area contributed by atoms with Gasteiger partial charge in [-0.3, -0.25) is 0 Å². The van der Waals surface area contributed by atoms with Crippen molar-refractivity contribution in [1.82, 2.24) is 39.9 Å². The van der Waals surface area contributed by atoms with Crippen LogP contribution in [0.3, 0.4) is 0 Å². The van der Waals surface area contributed by atoms with Crippen LogP contribution < -0.4 is 0 Å². The third-order valence-corrected chi connectivity index (χ3v) is 8.98. The van der Waals surface area contributed by atoms with Crippen molar-refractivity contribution in [2.45, 2.75) is 5.41 Å². The van der Waals surface area contributed by atoms with Gasteiger partial charge in [-0.1, -0.05) is 48.5 Å². The highest BCUT2D eigenvalue weighted by Gasteiger charge is 2.46. The maximum absolute atomic E-state index is 4.66. The summed E-state index contributed by atoms with van der Waals surface area (Å²) in [6.07, 6.45) is 14.1. The first-order valence-corrected chi connectivity index (χ1v) is 15.9. The molecule has 0 N–H and O–H groups in total. The van der Waals surface area contributed by atoms with Gasteiger partial charge in [-0.15, -0.1) is 0 Å². The lowest BCUT2D eigenvalue weighted by Gasteiger charge is -2.35. The van der Waals surface area contributed by atoms with E-state index in [4.69, 9.17) is 0 Å². The monoisotopic (exact) mass is 630 g/mol. The SMILES string of the molecule is c1cnc(-c2cc(-c3ncccn3)cc(C3(c4cc(-c5ncccn5)cc(-c5ncccn5)c4)c4ccccc4-c4ccccc43)c2)nc1. The van der Waals surface area contributed by atoms with Crippen LogP contribution in [-0.2, 0) is 5.41 Å². The molecule has 0 unspecified atom stereocenters. The van der Waals surface area contributed by atoms with Gasteiger partial charge in [0.15, 0.2) is 23.3 Å². The Morgan fingerprint density at radius 3 is 0.898 bits per heavy atom. The summed E-state index contributed by atoms with van der Waals surface area (Å²) < 4.78 is 0. The van der Waals surface area contributed by atoms with Gasteiger partial charge in [0.1, 0.15) is 0 Å². The van der Waals surface area contributed by atoms with Crippen molar-refractivity contribution in [3.05, 3.63) is 181 Å². The minimum Gasteiger partial charge on any atom is -0.237 e. The van der Waals surface area contributed by atoms with Gasteiger partial charge in [-0.25, -0.2) is 39.9 Å². The minimum absolute atomic E-state index is 0.612. The van der Waals surface area contributed by atoms with Crippen molar-refractivity contribution >= 4 is 0 Å². The fourth-order valence-corrected chi connectivity index (χ4v) is 7.02. The molecule has 0 aliphatic heterocycles. The molecule has 0 saturated heterocycles. The minimum atomic E-state index is -0.796. The van der Waals surface area contributed by atoms with E-state index in [0.717, 1.165) is 55.6 Å². The smallest absolute Gasteiger partial charge is 0.159 e. The van der Waals surface area contributed by atoms with Crippen LogP contribution in [0.15, 0.2) is 159 Å². The van der Waals surface area contributed by atoms with Gasteiger partial charge in [-0.2, -0.15) is 0 Å². The molecular weight excluding hydrogens is 605 g/mol. The van der Waals surface area contributed by atoms with Gasteiger partial charge >= 0.3 is 0 Å². The summed E-state index contributed by atoms with van der Waals surface area (Å²) in [6, 6.07) is 37.5. The van der Waals surface area contributed by atoms with Crippen molar-refractivity contribution in [2.24, 2.45) is 0 Å². The summed E-state index contributed by atoms with van der Waals surface area (Å²) >= 11 is 0. The summed E-state index contributed by atoms with van der Waals surface area (Å²) in [4.78, 5) is 37.3. The first-order chi connectivity index (χ1) is 24.3. The van der Waals surface area contributed by atoms with Crippen molar-refractivity contribution in [2.75, 3.05) is 0 Å². The number of fused-ring (bicyclic) bond motifs is 3. The van der Waals surface area contributed by atoms with Crippen LogP contribution in [0.5, 0.6) is 0 Å². The normalized spacial score (nSPS) is 12.7. The number of rotatable bonds is 6. The Labute approximate surface area is 282 Å². The van der Waals surface area contributed by atoms with E-state index in [2.05, 4.69) is 125 Å². The molecule has 8 aromatic rings. The molecule has 4 aromatic heterocycles. The van der Waals surface area contributed by atoms with Crippen molar-refractivity contribution < 1.29 is 0 Å². The first kappa shape index (κ1) is 28.4. The standard InChI is InChI=1S/C41H26N8/c1-3-11-35-33(9-1)34-10-2-4-12-36(34)41(35,31-23-27(37-42-13-5-14-43-37)21-28(24-31)38-44-15-6-16-45-38)32-25-29(39-46-17-7-18-47-39)22-30(26-32)40-48-19-8-20-49-40/h1-26H. The topological polar surface area (TPSA) is 103 Å². The van der Waals surface area contributed by atoms with Gasteiger partial charge in [-0.05, 0) is 94.0 Å². The molecule has 230 valence electrons. The molecule has 0 amide bonds. The summed E-state index contributed by atoms with van der Waals surface area (Å²) in [5.74, 6) is 2.45. The van der Waals surface area contributed by atoms with Gasteiger partial charge in [0.05, 0.1) is 5.41 Å². The highest BCUT2D eigenvalue weighted by Crippen LogP contribution is 2.57. The molecular formula is C41H26N8. The predicted octanol–water partition coefficient (Wildman–Crippen LogP) is 7.88. The number of aromatic nitrogens is 8. The molecule has 0 saturated carbocycles. The van der Waals surface area contributed by atoms with Crippen molar-refractivity contribution in [3.8, 4) is 56.7 Å². The lowest BCUT2D eigenvalue weighted by molar-refractivity contribution is 0.769. The van der Waals surface area contributed by atoms with E-state index < -0.39 is 5.41 Å². The second kappa shape index (κ2) is 11.8. The van der Waals surface area contributed by atoms with E-state index in [0.29, 0.717) is 23.3 Å². The van der Waals surface area contributed by atoms with Crippen LogP contribution >= 0.6 is 0 Å². The van der Waals surface area contributed by atoms with E-state index in [1.54, 1.807) is 49.6 Å². The Hall–Kier alpha value is -6.80. The maximum atomic E-state index is 4.66. The number of nitrogens with zero attached hydrogens (tertiary/aromatic N) is 8. The second-order valence-corrected chi connectivity index (χ2v) is 11.7. The van der Waals surface area contributed by atoms with Gasteiger partial charge < -0.3 is 0 Å². The zero-order chi connectivity index (χ0) is 32.6. The Morgan fingerprint density at radius 2 is 0.592 bits per heavy atom. The quantitative estimate of drug-likeness (QED) is 0.183. The summed E-state index contributed by atoms with van der Waals surface area (Å²) in [7, 11) is 0. The molecule has 9 rings (SSSR count). The molecule has 49 heavy (non-hydrogen) atoms. The maximum Gasteiger partial charge on any atom is 0.159 e. The fourth-order valence-electron chi connectivity index (χ4n) is 7.02. The Kier molecular flexibility index (Phi) is 6.83. The molecule has 0 bridgehead atoms. The van der Waals surface area contributed by atoms with Crippen LogP contribution in [0.2, 0.25) is 0 Å². The van der Waals surface area contributed by atoms with Gasteiger partial charge in [0, 0.05) is 71.8 Å². The van der Waals surface area contributed by atoms with Crippen LogP contribution in [-0.4, -0.2) is 39.9 Å². The molecule has 8 heteroatoms. The van der Waals surface area contributed by atoms with E-state index in [-0.39, 0.29) is 0 Å². The van der Waals surface area contributed by atoms with E-state index >= 15 is 0 Å². The Bertz CT molecular complexity index is 2150. The zero-order valence-electron chi connectivity index (χ0n) is 26.1. The summed E-state index contributed by atoms with van der Waals surface area (Å²) in [5, 5.41) is 0. The molecule has 4 aromatic carbocycles. The van der Waals surface area contributed by atoms with Crippen molar-refractivity contribution in [1.29, 1.82) is 0 Å². The molecule has 0 atom stereocenters. The van der Waals surface area contributed by atoms with Crippen LogP contribution in [0, 0.1) is 0 Å². The molecule has 0 spiro atoms. The molecule has 8 nitrogen and oxygen atoms in total. The number of hydrogen-bond donors (Lipinski definition) is 0. The third kappa shape index (κ3) is 4.77. The van der Waals surface area contributed by atoms with Crippen LogP contribution in [0.1, 0.15) is 22.3 Å². The predicted molar refractivity (Wildman–Crippen MR) is 188 cm³/mol. The first-order valence-electron chi connectivity index (χ1n) is 15.9. The highest BCUT2D eigenvalue weighted by molar-refractivity contribution is 5.88. The van der Waals surface area contributed by atoms with Crippen LogP contribution in [0.4, 0.5) is 0 Å². The van der Waals surface area contributed by atoms with E-state index in [9.17, 15) is 0 Å². The third-order valence-electron chi connectivity index (χ3n) is 8.98. The molecule has 4 heterocycles. The van der Waals surface area contributed by atoms with Crippen molar-refractivity contribution in [3.63, 3.8) is 0 Å². The molecule has 0 radical (unpaired) electrons. The molecule has 0 fully saturated rings. The zero-order valence-corrected chi connectivity index (χ0v) is 26.1. The molecule has 1 aliphatic rings. The average Bonchev–Trinajstić information content (AvgIpc) is 3.50. The fraction of sp³-hybridized carbons (Fsp3) is 0.0244. The second-order valence-electron chi connectivity index (χ2n) is 11.7. The summed E-state index contributed by atoms with van der Waals surface area (Å²) in [6.45, 7) is 0. The Balaban J connectivity index is 1.43. The van der Waals surface area contributed by atoms with Crippen LogP contribution in [0.25, 0.3) is 56.7 Å². The van der Waals surface area contributed by atoms with Gasteiger partial charge in [0.25, 0.3) is 0 Å². The largest absolute Gasteiger partial charge is 0.237 e. The lowest BCUT2D eigenvalue weighted by Crippen LogP contribution is -2.29. The average molecular weight is 631 g/mol. The number of hydrogen-bond acceptors (Lipinski definition) is 8. The number of benzene rings is 4. The van der Waals surface area contributed by atoms with E-state index in [1.165, 1.54) is 0 Å². The lowest BCUT2D eigenvalue weighted by atomic mass is 9.66. The Morgan fingerprint density at radius 1 is 0.306 bits per heavy atom. The summed E-state index contributed by atoms with van der Waals surface area (Å²) in [5.41, 5.74) is 9.29. The molecule has 1 aliphatic carbocycles.